The van der Waals surface area contributed by atoms with E-state index in [0.29, 0.717) is 24.9 Å². The number of carboxylic acids is 1. The van der Waals surface area contributed by atoms with Crippen LogP contribution in [-0.2, 0) is 9.59 Å². The van der Waals surface area contributed by atoms with Crippen molar-refractivity contribution in [1.82, 2.24) is 4.90 Å². The molecule has 1 fully saturated rings. The van der Waals surface area contributed by atoms with Crippen molar-refractivity contribution >= 4 is 11.9 Å². The third-order valence-corrected chi connectivity index (χ3v) is 3.54. The number of benzene rings is 1. The molecule has 0 spiro atoms. The Bertz CT molecular complexity index is 503. The fourth-order valence-corrected chi connectivity index (χ4v) is 2.45. The van der Waals surface area contributed by atoms with Gasteiger partial charge >= 0.3 is 5.97 Å². The standard InChI is InChI=1S/C14H16FNO3/c1-9(10-4-2-5-11(15)8-10)13(17)16-7-3-6-12(16)14(18)19/h2,4-5,8-9,12H,3,6-7H2,1H3,(H,18,19)/t9-,12-/m0/s1. The van der Waals surface area contributed by atoms with Crippen molar-refractivity contribution in [3.05, 3.63) is 35.6 Å². The number of amides is 1. The number of rotatable bonds is 3. The molecule has 102 valence electrons. The summed E-state index contributed by atoms with van der Waals surface area (Å²) in [6, 6.07) is 5.11. The number of hydrogen-bond donors (Lipinski definition) is 1. The van der Waals surface area contributed by atoms with E-state index in [2.05, 4.69) is 0 Å². The van der Waals surface area contributed by atoms with Gasteiger partial charge in [-0.2, -0.15) is 0 Å². The Labute approximate surface area is 110 Å². The smallest absolute Gasteiger partial charge is 0.326 e. The molecule has 0 unspecified atom stereocenters. The van der Waals surface area contributed by atoms with E-state index < -0.39 is 23.7 Å². The maximum Gasteiger partial charge on any atom is 0.326 e. The molecule has 0 bridgehead atoms. The zero-order chi connectivity index (χ0) is 14.0. The molecule has 0 aliphatic carbocycles. The van der Waals surface area contributed by atoms with Crippen molar-refractivity contribution in [3.63, 3.8) is 0 Å². The van der Waals surface area contributed by atoms with Gasteiger partial charge in [-0.3, -0.25) is 4.79 Å². The Balaban J connectivity index is 2.17. The molecule has 1 aromatic carbocycles. The van der Waals surface area contributed by atoms with E-state index in [1.54, 1.807) is 19.1 Å². The minimum absolute atomic E-state index is 0.254. The maximum atomic E-state index is 13.2. The number of halogens is 1. The Morgan fingerprint density at radius 3 is 2.84 bits per heavy atom. The minimum atomic E-state index is -0.975. The van der Waals surface area contributed by atoms with Gasteiger partial charge in [-0.05, 0) is 37.5 Å². The van der Waals surface area contributed by atoms with Crippen molar-refractivity contribution in [1.29, 1.82) is 0 Å². The monoisotopic (exact) mass is 265 g/mol. The largest absolute Gasteiger partial charge is 0.480 e. The summed E-state index contributed by atoms with van der Waals surface area (Å²) in [7, 11) is 0. The van der Waals surface area contributed by atoms with E-state index >= 15 is 0 Å². The van der Waals surface area contributed by atoms with Gasteiger partial charge in [0.25, 0.3) is 0 Å². The van der Waals surface area contributed by atoms with Gasteiger partial charge in [-0.15, -0.1) is 0 Å². The van der Waals surface area contributed by atoms with Crippen molar-refractivity contribution < 1.29 is 19.1 Å². The Morgan fingerprint density at radius 2 is 2.21 bits per heavy atom. The molecular formula is C14H16FNO3. The SMILES string of the molecule is C[C@H](C(=O)N1CCC[C@H]1C(=O)O)c1cccc(F)c1. The topological polar surface area (TPSA) is 57.6 Å². The van der Waals surface area contributed by atoms with E-state index in [9.17, 15) is 14.0 Å². The normalized spacial score (nSPS) is 20.3. The summed E-state index contributed by atoms with van der Waals surface area (Å²) in [5, 5.41) is 9.08. The van der Waals surface area contributed by atoms with Crippen LogP contribution in [0.1, 0.15) is 31.2 Å². The van der Waals surface area contributed by atoms with E-state index in [0.717, 1.165) is 0 Å². The van der Waals surface area contributed by atoms with Crippen molar-refractivity contribution in [2.75, 3.05) is 6.54 Å². The minimum Gasteiger partial charge on any atom is -0.480 e. The van der Waals surface area contributed by atoms with Crippen molar-refractivity contribution in [2.24, 2.45) is 0 Å². The second-order valence-corrected chi connectivity index (χ2v) is 4.80. The van der Waals surface area contributed by atoms with E-state index in [-0.39, 0.29) is 5.91 Å². The van der Waals surface area contributed by atoms with Gasteiger partial charge in [-0.25, -0.2) is 9.18 Å². The van der Waals surface area contributed by atoms with Gasteiger partial charge in [-0.1, -0.05) is 12.1 Å². The lowest BCUT2D eigenvalue weighted by atomic mass is 9.99. The van der Waals surface area contributed by atoms with Gasteiger partial charge in [0.15, 0.2) is 0 Å². The van der Waals surface area contributed by atoms with E-state index in [1.807, 2.05) is 0 Å². The third-order valence-electron chi connectivity index (χ3n) is 3.54. The third kappa shape index (κ3) is 2.75. The zero-order valence-corrected chi connectivity index (χ0v) is 10.7. The Morgan fingerprint density at radius 1 is 1.47 bits per heavy atom. The van der Waals surface area contributed by atoms with Gasteiger partial charge in [0, 0.05) is 6.54 Å². The first-order chi connectivity index (χ1) is 9.00. The van der Waals surface area contributed by atoms with Crippen LogP contribution in [0.15, 0.2) is 24.3 Å². The van der Waals surface area contributed by atoms with Gasteiger partial charge in [0.2, 0.25) is 5.91 Å². The summed E-state index contributed by atoms with van der Waals surface area (Å²) >= 11 is 0. The molecule has 1 amide bonds. The molecule has 1 N–H and O–H groups in total. The predicted molar refractivity (Wildman–Crippen MR) is 67.2 cm³/mol. The number of carbonyl (C=O) groups excluding carboxylic acids is 1. The van der Waals surface area contributed by atoms with E-state index in [1.165, 1.54) is 17.0 Å². The van der Waals surface area contributed by atoms with Crippen LogP contribution in [0, 0.1) is 5.82 Å². The van der Waals surface area contributed by atoms with Crippen LogP contribution < -0.4 is 0 Å². The summed E-state index contributed by atoms with van der Waals surface area (Å²) < 4.78 is 13.2. The molecule has 19 heavy (non-hydrogen) atoms. The first-order valence-electron chi connectivity index (χ1n) is 6.29. The number of aliphatic carboxylic acids is 1. The molecular weight excluding hydrogens is 249 g/mol. The van der Waals surface area contributed by atoms with Gasteiger partial charge in [0.1, 0.15) is 11.9 Å². The lowest BCUT2D eigenvalue weighted by molar-refractivity contribution is -0.148. The molecule has 5 heteroatoms. The summed E-state index contributed by atoms with van der Waals surface area (Å²) in [6.45, 7) is 2.13. The molecule has 2 atom stereocenters. The highest BCUT2D eigenvalue weighted by Gasteiger charge is 2.36. The average molecular weight is 265 g/mol. The number of hydrogen-bond acceptors (Lipinski definition) is 2. The molecule has 0 radical (unpaired) electrons. The number of carbonyl (C=O) groups is 2. The molecule has 0 aromatic heterocycles. The van der Waals surface area contributed by atoms with Crippen molar-refractivity contribution in [3.8, 4) is 0 Å². The molecule has 1 aromatic rings. The predicted octanol–water partition coefficient (Wildman–Crippen LogP) is 2.00. The fraction of sp³-hybridized carbons (Fsp3) is 0.429. The zero-order valence-electron chi connectivity index (χ0n) is 10.7. The summed E-state index contributed by atoms with van der Waals surface area (Å²) in [6.07, 6.45) is 1.18. The molecule has 0 saturated carbocycles. The maximum absolute atomic E-state index is 13.2. The highest BCUT2D eigenvalue weighted by molar-refractivity contribution is 5.88. The number of likely N-dealkylation sites (tertiary alicyclic amines) is 1. The van der Waals surface area contributed by atoms with Crippen LogP contribution in [0.25, 0.3) is 0 Å². The van der Waals surface area contributed by atoms with Crippen LogP contribution in [-0.4, -0.2) is 34.5 Å². The lowest BCUT2D eigenvalue weighted by Gasteiger charge is -2.25. The molecule has 1 aliphatic heterocycles. The summed E-state index contributed by atoms with van der Waals surface area (Å²) in [4.78, 5) is 24.8. The molecule has 1 saturated heterocycles. The number of nitrogens with zero attached hydrogens (tertiary/aromatic N) is 1. The Kier molecular flexibility index (Phi) is 3.83. The highest BCUT2D eigenvalue weighted by atomic mass is 19.1. The first kappa shape index (κ1) is 13.5. The molecule has 2 rings (SSSR count). The van der Waals surface area contributed by atoms with Crippen LogP contribution in [0.2, 0.25) is 0 Å². The summed E-state index contributed by atoms with van der Waals surface area (Å²) in [5.41, 5.74) is 0.570. The quantitative estimate of drug-likeness (QED) is 0.909. The van der Waals surface area contributed by atoms with Crippen LogP contribution in [0.3, 0.4) is 0 Å². The second-order valence-electron chi connectivity index (χ2n) is 4.80. The van der Waals surface area contributed by atoms with Gasteiger partial charge in [0.05, 0.1) is 5.92 Å². The summed E-state index contributed by atoms with van der Waals surface area (Å²) in [5.74, 6) is -2.16. The van der Waals surface area contributed by atoms with Crippen molar-refractivity contribution in [2.45, 2.75) is 31.7 Å². The molecule has 1 heterocycles. The lowest BCUT2D eigenvalue weighted by Crippen LogP contribution is -2.42. The van der Waals surface area contributed by atoms with Gasteiger partial charge < -0.3 is 10.0 Å². The average Bonchev–Trinajstić information content (AvgIpc) is 2.86. The fourth-order valence-electron chi connectivity index (χ4n) is 2.45. The Hall–Kier alpha value is -1.91. The second kappa shape index (κ2) is 5.38. The molecule has 1 aliphatic rings. The molecule has 4 nitrogen and oxygen atoms in total. The first-order valence-corrected chi connectivity index (χ1v) is 6.29. The van der Waals surface area contributed by atoms with E-state index in [4.69, 9.17) is 5.11 Å². The number of carboxylic acid groups (broad SMARTS) is 1. The van der Waals surface area contributed by atoms with Crippen LogP contribution in [0.4, 0.5) is 4.39 Å². The highest BCUT2D eigenvalue weighted by Crippen LogP contribution is 2.25. The van der Waals surface area contributed by atoms with Crippen LogP contribution >= 0.6 is 0 Å². The van der Waals surface area contributed by atoms with Crippen LogP contribution in [0.5, 0.6) is 0 Å².